The zero-order valence-corrected chi connectivity index (χ0v) is 25.3. The van der Waals surface area contributed by atoms with Gasteiger partial charge in [-0.25, -0.2) is 23.9 Å². The average molecular weight is 606 g/mol. The lowest BCUT2D eigenvalue weighted by Gasteiger charge is -2.39. The van der Waals surface area contributed by atoms with E-state index in [0.717, 1.165) is 11.1 Å². The zero-order chi connectivity index (χ0) is 31.1. The van der Waals surface area contributed by atoms with E-state index in [1.54, 1.807) is 17.0 Å². The highest BCUT2D eigenvalue weighted by Crippen LogP contribution is 2.30. The van der Waals surface area contributed by atoms with E-state index in [4.69, 9.17) is 21.6 Å². The molecule has 2 aromatic carbocycles. The highest BCUT2D eigenvalue weighted by Gasteiger charge is 2.32. The van der Waals surface area contributed by atoms with Gasteiger partial charge in [0.15, 0.2) is 0 Å². The van der Waals surface area contributed by atoms with E-state index in [1.807, 2.05) is 56.0 Å². The minimum Gasteiger partial charge on any atom is -0.466 e. The minimum absolute atomic E-state index is 0.0582. The maximum absolute atomic E-state index is 14.3. The van der Waals surface area contributed by atoms with Crippen LogP contribution in [0.5, 0.6) is 0 Å². The van der Waals surface area contributed by atoms with Crippen molar-refractivity contribution in [3.63, 3.8) is 0 Å². The van der Waals surface area contributed by atoms with Crippen LogP contribution >= 0.6 is 11.6 Å². The molecule has 2 heterocycles. The number of carbonyl (C=O) groups excluding carboxylic acids is 2. The van der Waals surface area contributed by atoms with E-state index in [1.165, 1.54) is 31.5 Å². The molecule has 1 saturated heterocycles. The molecular weight excluding hydrogens is 573 g/mol. The fraction of sp³-hybridized carbons (Fsp3) is 0.344. The van der Waals surface area contributed by atoms with Gasteiger partial charge in [-0.2, -0.15) is 5.26 Å². The Balaban J connectivity index is 1.49. The van der Waals surface area contributed by atoms with Crippen molar-refractivity contribution in [3.05, 3.63) is 82.3 Å². The predicted octanol–water partition coefficient (Wildman–Crippen LogP) is 6.40. The number of esters is 1. The lowest BCUT2D eigenvalue weighted by Crippen LogP contribution is -2.48. The first kappa shape index (κ1) is 31.4. The van der Waals surface area contributed by atoms with Gasteiger partial charge in [0, 0.05) is 37.3 Å². The Hall–Kier alpha value is -4.49. The number of carbonyl (C=O) groups is 2. The van der Waals surface area contributed by atoms with Crippen molar-refractivity contribution in [3.8, 4) is 17.3 Å². The van der Waals surface area contributed by atoms with Crippen molar-refractivity contribution < 1.29 is 23.5 Å². The zero-order valence-electron chi connectivity index (χ0n) is 24.5. The number of rotatable bonds is 7. The van der Waals surface area contributed by atoms with Crippen LogP contribution in [0.4, 0.5) is 15.1 Å². The summed E-state index contributed by atoms with van der Waals surface area (Å²) in [6.45, 7) is 7.01. The number of amides is 1. The van der Waals surface area contributed by atoms with E-state index in [9.17, 15) is 14.0 Å². The number of methoxy groups -OCH3 is 1. The third-order valence-corrected chi connectivity index (χ3v) is 7.13. The molecule has 9 nitrogen and oxygen atoms in total. The third kappa shape index (κ3) is 8.30. The Bertz CT molecular complexity index is 1540. The second kappa shape index (κ2) is 13.7. The summed E-state index contributed by atoms with van der Waals surface area (Å²) in [4.78, 5) is 37.5. The van der Waals surface area contributed by atoms with Gasteiger partial charge in [-0.15, -0.1) is 0 Å². The van der Waals surface area contributed by atoms with E-state index in [2.05, 4.69) is 14.7 Å². The predicted molar refractivity (Wildman–Crippen MR) is 162 cm³/mol. The number of piperidine rings is 1. The second-order valence-electron chi connectivity index (χ2n) is 11.1. The number of nitrogens with zero attached hydrogens (tertiary/aromatic N) is 5. The molecule has 0 atom stereocenters. The maximum atomic E-state index is 14.3. The summed E-state index contributed by atoms with van der Waals surface area (Å²) in [7, 11) is 1.32. The highest BCUT2D eigenvalue weighted by molar-refractivity contribution is 6.32. The first-order chi connectivity index (χ1) is 20.5. The van der Waals surface area contributed by atoms with Crippen LogP contribution in [0.3, 0.4) is 0 Å². The lowest BCUT2D eigenvalue weighted by molar-refractivity contribution is -0.134. The topological polar surface area (TPSA) is 109 Å². The Morgan fingerprint density at radius 2 is 1.88 bits per heavy atom. The van der Waals surface area contributed by atoms with Crippen molar-refractivity contribution in [2.75, 3.05) is 25.1 Å². The summed E-state index contributed by atoms with van der Waals surface area (Å²) in [6, 6.07) is 13.5. The number of nitriles is 1. The van der Waals surface area contributed by atoms with Crippen molar-refractivity contribution in [2.45, 2.75) is 51.8 Å². The monoisotopic (exact) mass is 605 g/mol. The molecule has 0 aliphatic carbocycles. The number of hydrogen-bond donors (Lipinski definition) is 0. The van der Waals surface area contributed by atoms with Crippen LogP contribution < -0.4 is 4.90 Å². The summed E-state index contributed by atoms with van der Waals surface area (Å²) in [5.74, 6) is -0.636. The molecule has 0 unspecified atom stereocenters. The molecule has 0 N–H and O–H groups in total. The maximum Gasteiger partial charge on any atom is 0.410 e. The first-order valence-corrected chi connectivity index (χ1v) is 14.2. The van der Waals surface area contributed by atoms with Crippen LogP contribution in [0.1, 0.15) is 50.3 Å². The summed E-state index contributed by atoms with van der Waals surface area (Å²) in [5, 5.41) is 9.31. The standard InChI is InChI=1S/C32H33ClFN5O4/c1-32(2,3)43-31(41)39(20-22-7-5-21(6-8-22)9-12-28(40)42-4)25-13-15-38(16-14-25)30-36-19-26(33)29(37-30)23-10-11-24(18-35)27(34)17-23/h5-12,17,19,25H,13-16,20H2,1-4H3/b12-9+. The Kier molecular flexibility index (Phi) is 9.99. The van der Waals surface area contributed by atoms with Crippen molar-refractivity contribution in [1.29, 1.82) is 5.26 Å². The average Bonchev–Trinajstić information content (AvgIpc) is 2.98. The SMILES string of the molecule is COC(=O)/C=C/c1ccc(CN(C(=O)OC(C)(C)C)C2CCN(c3ncc(Cl)c(-c4ccc(C#N)c(F)c4)n3)CC2)cc1. The van der Waals surface area contributed by atoms with Crippen LogP contribution in [0.25, 0.3) is 17.3 Å². The molecule has 1 amide bonds. The summed E-state index contributed by atoms with van der Waals surface area (Å²) < 4.78 is 24.7. The van der Waals surface area contributed by atoms with E-state index < -0.39 is 23.5 Å². The fourth-order valence-electron chi connectivity index (χ4n) is 4.67. The number of halogens is 2. The number of anilines is 1. The van der Waals surface area contributed by atoms with Gasteiger partial charge in [-0.05, 0) is 62.9 Å². The van der Waals surface area contributed by atoms with Gasteiger partial charge in [0.1, 0.15) is 17.5 Å². The number of hydrogen-bond acceptors (Lipinski definition) is 8. The number of ether oxygens (including phenoxy) is 2. The van der Waals surface area contributed by atoms with Crippen LogP contribution in [0.2, 0.25) is 5.02 Å². The molecule has 4 rings (SSSR count). The summed E-state index contributed by atoms with van der Waals surface area (Å²) in [6.07, 6.45) is 5.40. The Labute approximate surface area is 255 Å². The van der Waals surface area contributed by atoms with Gasteiger partial charge in [-0.3, -0.25) is 0 Å². The summed E-state index contributed by atoms with van der Waals surface area (Å²) >= 11 is 6.36. The molecule has 3 aromatic rings. The molecule has 43 heavy (non-hydrogen) atoms. The van der Waals surface area contributed by atoms with Crippen molar-refractivity contribution in [2.24, 2.45) is 0 Å². The van der Waals surface area contributed by atoms with E-state index in [0.29, 0.717) is 49.7 Å². The molecule has 0 radical (unpaired) electrons. The quantitative estimate of drug-likeness (QED) is 0.225. The van der Waals surface area contributed by atoms with Gasteiger partial charge in [0.05, 0.1) is 29.6 Å². The number of benzene rings is 2. The number of aromatic nitrogens is 2. The largest absolute Gasteiger partial charge is 0.466 e. The van der Waals surface area contributed by atoms with Crippen LogP contribution in [0, 0.1) is 17.1 Å². The van der Waals surface area contributed by atoms with Gasteiger partial charge in [0.25, 0.3) is 0 Å². The molecular formula is C32H33ClFN5O4. The molecule has 11 heteroatoms. The van der Waals surface area contributed by atoms with Gasteiger partial charge < -0.3 is 19.3 Å². The third-order valence-electron chi connectivity index (χ3n) is 6.86. The lowest BCUT2D eigenvalue weighted by atomic mass is 10.0. The Morgan fingerprint density at radius 1 is 1.19 bits per heavy atom. The molecule has 0 saturated carbocycles. The van der Waals surface area contributed by atoms with Gasteiger partial charge in [0.2, 0.25) is 5.95 Å². The minimum atomic E-state index is -0.656. The molecule has 0 spiro atoms. The van der Waals surface area contributed by atoms with E-state index in [-0.39, 0.29) is 16.6 Å². The second-order valence-corrected chi connectivity index (χ2v) is 11.5. The smallest absolute Gasteiger partial charge is 0.410 e. The first-order valence-electron chi connectivity index (χ1n) is 13.8. The van der Waals surface area contributed by atoms with Crippen LogP contribution in [0.15, 0.2) is 54.7 Å². The van der Waals surface area contributed by atoms with Gasteiger partial charge in [-0.1, -0.05) is 41.9 Å². The molecule has 224 valence electrons. The molecule has 1 aliphatic heterocycles. The van der Waals surface area contributed by atoms with E-state index >= 15 is 0 Å². The molecule has 1 aromatic heterocycles. The van der Waals surface area contributed by atoms with Crippen LogP contribution in [-0.2, 0) is 20.8 Å². The normalized spacial score (nSPS) is 13.9. The molecule has 0 bridgehead atoms. The van der Waals surface area contributed by atoms with Crippen molar-refractivity contribution in [1.82, 2.24) is 14.9 Å². The highest BCUT2D eigenvalue weighted by atomic mass is 35.5. The molecule has 1 aliphatic rings. The van der Waals surface area contributed by atoms with Gasteiger partial charge >= 0.3 is 12.1 Å². The van der Waals surface area contributed by atoms with Crippen molar-refractivity contribution >= 4 is 35.7 Å². The molecule has 1 fully saturated rings. The fourth-order valence-corrected chi connectivity index (χ4v) is 4.87. The Morgan fingerprint density at radius 3 is 2.49 bits per heavy atom. The van der Waals surface area contributed by atoms with Crippen LogP contribution in [-0.4, -0.2) is 58.8 Å². The summed E-state index contributed by atoms with van der Waals surface area (Å²) in [5.41, 5.74) is 1.86.